The number of ether oxygens (including phenoxy) is 2. The van der Waals surface area contributed by atoms with Gasteiger partial charge in [-0.3, -0.25) is 19.2 Å². The third-order valence-corrected chi connectivity index (χ3v) is 8.13. The maximum Gasteiger partial charge on any atom is 0.334 e. The number of hydrogen-bond acceptors (Lipinski definition) is 12. The Kier molecular flexibility index (Phi) is 14.6. The molecule has 0 aliphatic carbocycles. The van der Waals surface area contributed by atoms with E-state index in [0.717, 1.165) is 21.6 Å². The van der Waals surface area contributed by atoms with E-state index < -0.39 is 59.9 Å². The van der Waals surface area contributed by atoms with E-state index in [9.17, 15) is 28.8 Å². The summed E-state index contributed by atoms with van der Waals surface area (Å²) < 4.78 is 10.7. The van der Waals surface area contributed by atoms with Crippen LogP contribution in [0, 0.1) is 0 Å². The van der Waals surface area contributed by atoms with Crippen LogP contribution in [-0.4, -0.2) is 81.6 Å². The van der Waals surface area contributed by atoms with E-state index in [1.54, 1.807) is 24.3 Å². The Morgan fingerprint density at radius 3 is 1.25 bits per heavy atom. The molecule has 8 N–H and O–H groups in total. The van der Waals surface area contributed by atoms with E-state index in [-0.39, 0.29) is 35.8 Å². The van der Waals surface area contributed by atoms with Gasteiger partial charge in [-0.1, -0.05) is 45.9 Å². The number of carbonyl (C=O) groups excluding carboxylic acids is 4. The third-order valence-electron chi connectivity index (χ3n) is 5.71. The van der Waals surface area contributed by atoms with E-state index >= 15 is 0 Å². The fourth-order valence-electron chi connectivity index (χ4n) is 3.50. The summed E-state index contributed by atoms with van der Waals surface area (Å²) in [4.78, 5) is 70.8. The van der Waals surface area contributed by atoms with Crippen LogP contribution in [0.3, 0.4) is 0 Å². The summed E-state index contributed by atoms with van der Waals surface area (Å²) in [5, 5.41) is 22.9. The van der Waals surface area contributed by atoms with Crippen molar-refractivity contribution in [2.75, 3.05) is 11.5 Å². The van der Waals surface area contributed by atoms with E-state index in [1.165, 1.54) is 38.1 Å². The van der Waals surface area contributed by atoms with Crippen molar-refractivity contribution in [3.05, 3.63) is 59.7 Å². The van der Waals surface area contributed by atoms with Gasteiger partial charge in [0.05, 0.1) is 0 Å². The summed E-state index contributed by atoms with van der Waals surface area (Å²) in [6.07, 6.45) is 0.185. The van der Waals surface area contributed by atoms with E-state index in [0.29, 0.717) is 11.1 Å². The van der Waals surface area contributed by atoms with Crippen LogP contribution in [0.5, 0.6) is 11.5 Å². The Labute approximate surface area is 261 Å². The summed E-state index contributed by atoms with van der Waals surface area (Å²) in [6.45, 7) is 2.49. The molecule has 238 valence electrons. The zero-order valence-corrected chi connectivity index (χ0v) is 25.5. The van der Waals surface area contributed by atoms with E-state index in [1.807, 2.05) is 0 Å². The molecule has 4 unspecified atom stereocenters. The van der Waals surface area contributed by atoms with Gasteiger partial charge in [0.25, 0.3) is 0 Å². The molecule has 0 spiro atoms. The van der Waals surface area contributed by atoms with Crippen LogP contribution in [0.15, 0.2) is 48.5 Å². The zero-order chi connectivity index (χ0) is 32.8. The van der Waals surface area contributed by atoms with Crippen molar-refractivity contribution in [1.29, 1.82) is 0 Å². The number of hydrogen-bond donors (Lipinski definition) is 6. The van der Waals surface area contributed by atoms with Gasteiger partial charge < -0.3 is 41.8 Å². The highest BCUT2D eigenvalue weighted by Gasteiger charge is 2.25. The number of carboxylic acids is 2. The van der Waals surface area contributed by atoms with E-state index in [4.69, 9.17) is 31.2 Å². The minimum Gasteiger partial charge on any atom is -0.480 e. The number of rotatable bonds is 17. The summed E-state index contributed by atoms with van der Waals surface area (Å²) in [7, 11) is 2.31. The smallest absolute Gasteiger partial charge is 0.334 e. The van der Waals surface area contributed by atoms with Gasteiger partial charge in [0, 0.05) is 25.4 Å². The lowest BCUT2D eigenvalue weighted by atomic mass is 10.1. The third kappa shape index (κ3) is 13.0. The molecule has 16 heteroatoms. The van der Waals surface area contributed by atoms with Crippen LogP contribution in [0.2, 0.25) is 0 Å². The summed E-state index contributed by atoms with van der Waals surface area (Å²) in [5.41, 5.74) is 12.3. The topological polar surface area (TPSA) is 237 Å². The average molecular weight is 651 g/mol. The number of benzene rings is 2. The molecule has 0 radical (unpaired) electrons. The zero-order valence-electron chi connectivity index (χ0n) is 23.9. The number of nitrogens with two attached hydrogens (primary N) is 2. The lowest BCUT2D eigenvalue weighted by Crippen LogP contribution is -2.44. The average Bonchev–Trinajstić information content (AvgIpc) is 2.95. The molecule has 0 aliphatic heterocycles. The Bertz CT molecular complexity index is 1220. The van der Waals surface area contributed by atoms with Crippen molar-refractivity contribution in [2.45, 2.75) is 50.9 Å². The molecule has 2 aromatic rings. The molecule has 2 rings (SSSR count). The first-order valence-electron chi connectivity index (χ1n) is 13.1. The van der Waals surface area contributed by atoms with Gasteiger partial charge in [-0.05, 0) is 48.2 Å². The standard InChI is InChI=1S/C28H34N4O10S2/c1-15(33)31-23(27(39)41-19-7-3-17(4-8-19)11-21(29)25(35)36)13-43-44-14-24(32-16(2)34)28(40)42-20-9-5-18(6-10-20)12-22(30)26(37)38/h3-10,21-24H,11-14,29-30H2,1-2H3,(H,31,33)(H,32,34)(H,35,36)(H,37,38). The van der Waals surface area contributed by atoms with Crippen molar-refractivity contribution in [3.63, 3.8) is 0 Å². The van der Waals surface area contributed by atoms with Crippen LogP contribution in [0.4, 0.5) is 0 Å². The first-order valence-corrected chi connectivity index (χ1v) is 15.6. The minimum atomic E-state index is -1.14. The lowest BCUT2D eigenvalue weighted by Gasteiger charge is -2.18. The van der Waals surface area contributed by atoms with Gasteiger partial charge in [-0.15, -0.1) is 0 Å². The first kappa shape index (κ1) is 36.1. The summed E-state index contributed by atoms with van der Waals surface area (Å²) >= 11 is 0. The fourth-order valence-corrected chi connectivity index (χ4v) is 5.80. The second-order valence-corrected chi connectivity index (χ2v) is 12.1. The number of carboxylic acid groups (broad SMARTS) is 2. The van der Waals surface area contributed by atoms with Gasteiger partial charge in [-0.2, -0.15) is 0 Å². The van der Waals surface area contributed by atoms with Crippen molar-refractivity contribution in [3.8, 4) is 11.5 Å². The predicted molar refractivity (Wildman–Crippen MR) is 163 cm³/mol. The molecule has 4 atom stereocenters. The monoisotopic (exact) mass is 650 g/mol. The summed E-state index contributed by atoms with van der Waals surface area (Å²) in [6, 6.07) is 8.02. The Morgan fingerprint density at radius 2 is 0.977 bits per heavy atom. The molecular formula is C28H34N4O10S2. The number of nitrogens with one attached hydrogen (secondary N) is 2. The molecule has 2 amide bonds. The number of carbonyl (C=O) groups is 6. The molecule has 0 fully saturated rings. The predicted octanol–water partition coefficient (Wildman–Crippen LogP) is 0.497. The molecule has 0 saturated heterocycles. The highest BCUT2D eigenvalue weighted by Crippen LogP contribution is 2.25. The molecule has 14 nitrogen and oxygen atoms in total. The second-order valence-electron chi connectivity index (χ2n) is 9.50. The quantitative estimate of drug-likeness (QED) is 0.0592. The molecule has 0 saturated carbocycles. The lowest BCUT2D eigenvalue weighted by molar-refractivity contribution is -0.139. The maximum atomic E-state index is 12.8. The van der Waals surface area contributed by atoms with Crippen LogP contribution >= 0.6 is 21.6 Å². The van der Waals surface area contributed by atoms with Crippen LogP contribution in [0.1, 0.15) is 25.0 Å². The number of aliphatic carboxylic acids is 2. The highest BCUT2D eigenvalue weighted by atomic mass is 33.1. The number of esters is 2. The Balaban J connectivity index is 1.93. The molecular weight excluding hydrogens is 616 g/mol. The van der Waals surface area contributed by atoms with Crippen molar-refractivity contribution >= 4 is 57.3 Å². The highest BCUT2D eigenvalue weighted by molar-refractivity contribution is 8.76. The SMILES string of the molecule is CC(=O)NC(CSSCC(NC(C)=O)C(=O)Oc1ccc(CC(N)C(=O)O)cc1)C(=O)Oc1ccc(CC(N)C(=O)O)cc1. The second kappa shape index (κ2) is 17.9. The first-order chi connectivity index (χ1) is 20.7. The fraction of sp³-hybridized carbons (Fsp3) is 0.357. The normalized spacial score (nSPS) is 13.5. The van der Waals surface area contributed by atoms with Gasteiger partial charge >= 0.3 is 23.9 Å². The van der Waals surface area contributed by atoms with Gasteiger partial charge in [-0.25, -0.2) is 9.59 Å². The number of amides is 2. The van der Waals surface area contributed by atoms with Gasteiger partial charge in [0.1, 0.15) is 35.7 Å². The van der Waals surface area contributed by atoms with Crippen LogP contribution in [0.25, 0.3) is 0 Å². The maximum absolute atomic E-state index is 12.8. The van der Waals surface area contributed by atoms with Crippen molar-refractivity contribution in [2.24, 2.45) is 11.5 Å². The molecule has 0 aromatic heterocycles. The largest absolute Gasteiger partial charge is 0.480 e. The summed E-state index contributed by atoms with van der Waals surface area (Å²) in [5.74, 6) is -4.20. The van der Waals surface area contributed by atoms with Gasteiger partial charge in [0.15, 0.2) is 0 Å². The van der Waals surface area contributed by atoms with Crippen LogP contribution in [-0.2, 0) is 41.6 Å². The van der Waals surface area contributed by atoms with Crippen molar-refractivity contribution in [1.82, 2.24) is 10.6 Å². The van der Waals surface area contributed by atoms with Gasteiger partial charge in [0.2, 0.25) is 11.8 Å². The Morgan fingerprint density at radius 1 is 0.659 bits per heavy atom. The molecule has 44 heavy (non-hydrogen) atoms. The molecule has 2 aromatic carbocycles. The van der Waals surface area contributed by atoms with E-state index in [2.05, 4.69) is 10.6 Å². The van der Waals surface area contributed by atoms with Crippen LogP contribution < -0.4 is 31.6 Å². The molecule has 0 bridgehead atoms. The minimum absolute atomic E-state index is 0.0659. The Hall–Kier alpha value is -4.12. The van der Waals surface area contributed by atoms with Crippen molar-refractivity contribution < 1.29 is 48.5 Å². The molecule has 0 heterocycles. The molecule has 0 aliphatic rings.